The summed E-state index contributed by atoms with van der Waals surface area (Å²) in [6.07, 6.45) is 0. The van der Waals surface area contributed by atoms with Crippen molar-refractivity contribution in [3.8, 4) is 39.1 Å². The van der Waals surface area contributed by atoms with Crippen LogP contribution in [0, 0.1) is 0 Å². The first-order valence-electron chi connectivity index (χ1n) is 19.8. The van der Waals surface area contributed by atoms with Crippen molar-refractivity contribution in [2.45, 2.75) is 5.41 Å². The van der Waals surface area contributed by atoms with Gasteiger partial charge in [0, 0.05) is 27.6 Å². The van der Waals surface area contributed by atoms with Crippen molar-refractivity contribution >= 4 is 38.9 Å². The Morgan fingerprint density at radius 1 is 0.368 bits per heavy atom. The minimum Gasteiger partial charge on any atom is -0.309 e. The second-order valence-electron chi connectivity index (χ2n) is 15.2. The van der Waals surface area contributed by atoms with Crippen LogP contribution in [0.4, 0.5) is 17.1 Å². The van der Waals surface area contributed by atoms with Crippen LogP contribution in [0.15, 0.2) is 218 Å². The number of aromatic nitrogens is 1. The largest absolute Gasteiger partial charge is 0.309 e. The molecule has 1 unspecified atom stereocenters. The average Bonchev–Trinajstić information content (AvgIpc) is 3.79. The summed E-state index contributed by atoms with van der Waals surface area (Å²) in [7, 11) is 0. The molecule has 10 aromatic rings. The molecule has 0 saturated carbocycles. The molecule has 1 aromatic heterocycles. The van der Waals surface area contributed by atoms with E-state index in [2.05, 4.69) is 228 Å². The van der Waals surface area contributed by atoms with Crippen molar-refractivity contribution in [3.05, 3.63) is 241 Å². The summed E-state index contributed by atoms with van der Waals surface area (Å²) in [5.74, 6) is 0. The number of hydrogen-bond donors (Lipinski definition) is 0. The molecule has 57 heavy (non-hydrogen) atoms. The van der Waals surface area contributed by atoms with Gasteiger partial charge in [0.15, 0.2) is 0 Å². The molecule has 1 spiro atoms. The quantitative estimate of drug-likeness (QED) is 0.172. The summed E-state index contributed by atoms with van der Waals surface area (Å²) in [5, 5.41) is 2.57. The molecule has 12 rings (SSSR count). The van der Waals surface area contributed by atoms with Crippen LogP contribution >= 0.6 is 0 Å². The zero-order valence-electron chi connectivity index (χ0n) is 31.2. The van der Waals surface area contributed by atoms with E-state index in [0.29, 0.717) is 0 Å². The lowest BCUT2D eigenvalue weighted by Crippen LogP contribution is -2.33. The van der Waals surface area contributed by atoms with Crippen LogP contribution in [-0.2, 0) is 5.41 Å². The molecule has 0 N–H and O–H groups in total. The topological polar surface area (TPSA) is 8.17 Å². The van der Waals surface area contributed by atoms with Crippen LogP contribution in [0.25, 0.3) is 60.9 Å². The second kappa shape index (κ2) is 12.3. The molecule has 0 bridgehead atoms. The van der Waals surface area contributed by atoms with E-state index in [4.69, 9.17) is 0 Å². The van der Waals surface area contributed by atoms with Crippen molar-refractivity contribution in [2.24, 2.45) is 0 Å². The van der Waals surface area contributed by atoms with Crippen molar-refractivity contribution in [2.75, 3.05) is 4.90 Å². The van der Waals surface area contributed by atoms with Gasteiger partial charge >= 0.3 is 0 Å². The van der Waals surface area contributed by atoms with E-state index in [1.54, 1.807) is 0 Å². The smallest absolute Gasteiger partial charge is 0.0755 e. The highest BCUT2D eigenvalue weighted by molar-refractivity contribution is 6.13. The number of anilines is 3. The summed E-state index contributed by atoms with van der Waals surface area (Å²) in [6.45, 7) is 0. The summed E-state index contributed by atoms with van der Waals surface area (Å²) < 4.78 is 2.52. The second-order valence-corrected chi connectivity index (χ2v) is 15.2. The van der Waals surface area contributed by atoms with Gasteiger partial charge in [-0.2, -0.15) is 0 Å². The van der Waals surface area contributed by atoms with Gasteiger partial charge in [0.05, 0.1) is 33.5 Å². The van der Waals surface area contributed by atoms with Crippen LogP contribution in [0.2, 0.25) is 0 Å². The number of hydrogen-bond acceptors (Lipinski definition) is 1. The lowest BCUT2D eigenvalue weighted by Gasteiger charge is -2.39. The molecule has 2 aliphatic rings. The first-order chi connectivity index (χ1) is 28.3. The zero-order chi connectivity index (χ0) is 37.5. The van der Waals surface area contributed by atoms with Crippen LogP contribution in [0.3, 0.4) is 0 Å². The van der Waals surface area contributed by atoms with Crippen molar-refractivity contribution in [3.63, 3.8) is 0 Å². The number of para-hydroxylation sites is 5. The highest BCUT2D eigenvalue weighted by Gasteiger charge is 2.51. The molecule has 2 heterocycles. The Labute approximate surface area is 332 Å². The maximum absolute atomic E-state index is 2.52. The van der Waals surface area contributed by atoms with E-state index in [0.717, 1.165) is 17.1 Å². The molecule has 1 atom stereocenters. The third-order valence-corrected chi connectivity index (χ3v) is 12.4. The van der Waals surface area contributed by atoms with Crippen LogP contribution in [-0.4, -0.2) is 4.57 Å². The maximum atomic E-state index is 2.52. The van der Waals surface area contributed by atoms with E-state index < -0.39 is 5.41 Å². The summed E-state index contributed by atoms with van der Waals surface area (Å²) in [4.78, 5) is 2.49. The molecular formula is C55H36N2. The molecule has 2 nitrogen and oxygen atoms in total. The number of benzene rings is 9. The van der Waals surface area contributed by atoms with Gasteiger partial charge in [-0.05, 0) is 87.0 Å². The molecule has 0 fully saturated rings. The van der Waals surface area contributed by atoms with Gasteiger partial charge in [-0.1, -0.05) is 176 Å². The van der Waals surface area contributed by atoms with E-state index in [-0.39, 0.29) is 0 Å². The first-order valence-corrected chi connectivity index (χ1v) is 19.8. The normalized spacial score (nSPS) is 14.7. The SMILES string of the molecule is c1ccc(-c2cccc(-c3ccccc3N(c3ccccc3)c3cccc4c3-c3ccccc3C43c4ccccc4-n4c5ccccc5c5cccc3c54)c2)cc1. The Hall–Kier alpha value is -7.42. The highest BCUT2D eigenvalue weighted by atomic mass is 15.1. The molecule has 1 aliphatic carbocycles. The van der Waals surface area contributed by atoms with Gasteiger partial charge in [0.25, 0.3) is 0 Å². The number of nitrogens with zero attached hydrogens (tertiary/aromatic N) is 2. The molecule has 1 aliphatic heterocycles. The van der Waals surface area contributed by atoms with Crippen molar-refractivity contribution < 1.29 is 0 Å². The van der Waals surface area contributed by atoms with Crippen LogP contribution in [0.5, 0.6) is 0 Å². The molecule has 2 heteroatoms. The fraction of sp³-hybridized carbons (Fsp3) is 0.0182. The van der Waals surface area contributed by atoms with E-state index in [1.807, 2.05) is 0 Å². The van der Waals surface area contributed by atoms with Crippen LogP contribution < -0.4 is 4.90 Å². The number of fused-ring (bicyclic) bond motifs is 12. The predicted octanol–water partition coefficient (Wildman–Crippen LogP) is 14.3. The summed E-state index contributed by atoms with van der Waals surface area (Å²) in [6, 6.07) is 80.5. The lowest BCUT2D eigenvalue weighted by atomic mass is 9.65. The molecule has 0 saturated heterocycles. The minimum atomic E-state index is -0.533. The standard InChI is InChI=1S/C55H36N2/c1-3-18-37(19-4-1)38-20-15-21-39(36-38)41-24-8-12-32-49(41)56(40-22-5-2-6-23-40)52-35-17-30-47-53(52)44-26-7-10-28-45(44)55(47)46-29-11-14-34-51(46)57-50-33-13-9-25-42(50)43-27-16-31-48(55)54(43)57/h1-36H. The van der Waals surface area contributed by atoms with Gasteiger partial charge < -0.3 is 9.47 Å². The molecule has 0 amide bonds. The Kier molecular flexibility index (Phi) is 6.88. The maximum Gasteiger partial charge on any atom is 0.0755 e. The summed E-state index contributed by atoms with van der Waals surface area (Å²) in [5.41, 5.74) is 19.2. The Morgan fingerprint density at radius 3 is 1.82 bits per heavy atom. The van der Waals surface area contributed by atoms with Gasteiger partial charge in [0.2, 0.25) is 0 Å². The summed E-state index contributed by atoms with van der Waals surface area (Å²) >= 11 is 0. The van der Waals surface area contributed by atoms with Crippen molar-refractivity contribution in [1.82, 2.24) is 4.57 Å². The first kappa shape index (κ1) is 31.9. The Bertz CT molecular complexity index is 3190. The van der Waals surface area contributed by atoms with Crippen LogP contribution in [0.1, 0.15) is 22.3 Å². The van der Waals surface area contributed by atoms with Gasteiger partial charge in [0.1, 0.15) is 0 Å². The van der Waals surface area contributed by atoms with Gasteiger partial charge in [-0.15, -0.1) is 0 Å². The molecule has 0 radical (unpaired) electrons. The van der Waals surface area contributed by atoms with Crippen molar-refractivity contribution in [1.29, 1.82) is 0 Å². The predicted molar refractivity (Wildman–Crippen MR) is 237 cm³/mol. The Morgan fingerprint density at radius 2 is 0.947 bits per heavy atom. The third kappa shape index (κ3) is 4.41. The highest BCUT2D eigenvalue weighted by Crippen LogP contribution is 2.63. The van der Waals surface area contributed by atoms with E-state index in [9.17, 15) is 0 Å². The van der Waals surface area contributed by atoms with Gasteiger partial charge in [-0.3, -0.25) is 0 Å². The fourth-order valence-corrected chi connectivity index (χ4v) is 10.2. The van der Waals surface area contributed by atoms with Gasteiger partial charge in [-0.25, -0.2) is 0 Å². The molecular weight excluding hydrogens is 689 g/mol. The Balaban J connectivity index is 1.16. The van der Waals surface area contributed by atoms with E-state index >= 15 is 0 Å². The molecule has 9 aromatic carbocycles. The zero-order valence-corrected chi connectivity index (χ0v) is 31.2. The average molecular weight is 725 g/mol. The third-order valence-electron chi connectivity index (χ3n) is 12.4. The fourth-order valence-electron chi connectivity index (χ4n) is 10.2. The lowest BCUT2D eigenvalue weighted by molar-refractivity contribution is 0.748. The molecule has 266 valence electrons. The van der Waals surface area contributed by atoms with E-state index in [1.165, 1.54) is 83.1 Å². The minimum absolute atomic E-state index is 0.533. The monoisotopic (exact) mass is 724 g/mol. The number of rotatable bonds is 5.